The second-order valence-corrected chi connectivity index (χ2v) is 3.72. The number of rotatable bonds is 3. The molecule has 0 saturated heterocycles. The Morgan fingerprint density at radius 2 is 1.95 bits per heavy atom. The molecule has 2 heterocycles. The molecule has 0 aromatic carbocycles. The van der Waals surface area contributed by atoms with Crippen LogP contribution in [0.5, 0.6) is 0 Å². The van der Waals surface area contributed by atoms with E-state index in [0.29, 0.717) is 11.4 Å². The van der Waals surface area contributed by atoms with Gasteiger partial charge in [-0.05, 0) is 12.1 Å². The molecule has 98 valence electrons. The van der Waals surface area contributed by atoms with Crippen molar-refractivity contribution in [1.29, 1.82) is 0 Å². The van der Waals surface area contributed by atoms with Crippen LogP contribution in [0.3, 0.4) is 0 Å². The largest absolute Gasteiger partial charge is 0.477 e. The van der Waals surface area contributed by atoms with Crippen LogP contribution in [0.25, 0.3) is 0 Å². The molecule has 0 bridgehead atoms. The van der Waals surface area contributed by atoms with Gasteiger partial charge in [0.25, 0.3) is 0 Å². The fourth-order valence-electron chi connectivity index (χ4n) is 1.37. The maximum Gasteiger partial charge on any atom is 0.354 e. The predicted molar refractivity (Wildman–Crippen MR) is 67.0 cm³/mol. The van der Waals surface area contributed by atoms with Gasteiger partial charge in [-0.25, -0.2) is 14.6 Å². The molecule has 0 fully saturated rings. The molecule has 0 spiro atoms. The smallest absolute Gasteiger partial charge is 0.354 e. The minimum atomic E-state index is -1.12. The Hall–Kier alpha value is -2.90. The van der Waals surface area contributed by atoms with Crippen LogP contribution in [0.1, 0.15) is 10.5 Å². The number of carbonyl (C=O) groups excluding carboxylic acids is 1. The monoisotopic (exact) mass is 261 g/mol. The molecule has 2 aromatic heterocycles. The molecule has 19 heavy (non-hydrogen) atoms. The maximum atomic E-state index is 11.6. The quantitative estimate of drug-likeness (QED) is 0.768. The van der Waals surface area contributed by atoms with Crippen LogP contribution in [0.4, 0.5) is 16.2 Å². The average molecular weight is 261 g/mol. The van der Waals surface area contributed by atoms with Crippen LogP contribution in [0.2, 0.25) is 0 Å². The lowest BCUT2D eigenvalue weighted by molar-refractivity contribution is 0.0690. The van der Waals surface area contributed by atoms with E-state index >= 15 is 0 Å². The SMILES string of the molecule is Cn1cc(NC(=O)Nc2ccc(C(=O)O)nc2)cn1. The van der Waals surface area contributed by atoms with Crippen LogP contribution in [-0.2, 0) is 7.05 Å². The summed E-state index contributed by atoms with van der Waals surface area (Å²) in [4.78, 5) is 25.9. The molecular formula is C11H11N5O3. The summed E-state index contributed by atoms with van der Waals surface area (Å²) in [5, 5.41) is 17.7. The number of hydrogen-bond acceptors (Lipinski definition) is 4. The standard InChI is InChI=1S/C11H11N5O3/c1-16-6-8(5-13-16)15-11(19)14-7-2-3-9(10(17)18)12-4-7/h2-6H,1H3,(H,17,18)(H2,14,15,19). The Bertz CT molecular complexity index is 605. The van der Waals surface area contributed by atoms with Crippen LogP contribution in [0.15, 0.2) is 30.7 Å². The highest BCUT2D eigenvalue weighted by Crippen LogP contribution is 2.08. The molecule has 3 N–H and O–H groups in total. The van der Waals surface area contributed by atoms with Crippen LogP contribution in [0, 0.1) is 0 Å². The number of urea groups is 1. The van der Waals surface area contributed by atoms with E-state index in [-0.39, 0.29) is 5.69 Å². The number of anilines is 2. The van der Waals surface area contributed by atoms with Crippen LogP contribution < -0.4 is 10.6 Å². The minimum Gasteiger partial charge on any atom is -0.477 e. The molecule has 0 atom stereocenters. The van der Waals surface area contributed by atoms with E-state index in [2.05, 4.69) is 20.7 Å². The van der Waals surface area contributed by atoms with Crippen molar-refractivity contribution in [2.75, 3.05) is 10.6 Å². The summed E-state index contributed by atoms with van der Waals surface area (Å²) in [5.74, 6) is -1.12. The first-order chi connectivity index (χ1) is 9.04. The first-order valence-electron chi connectivity index (χ1n) is 5.30. The van der Waals surface area contributed by atoms with Crippen molar-refractivity contribution in [2.24, 2.45) is 7.05 Å². The molecule has 0 unspecified atom stereocenters. The third-order valence-corrected chi connectivity index (χ3v) is 2.20. The highest BCUT2D eigenvalue weighted by molar-refractivity contribution is 5.99. The Morgan fingerprint density at radius 3 is 2.47 bits per heavy atom. The summed E-state index contributed by atoms with van der Waals surface area (Å²) in [5.41, 5.74) is 0.861. The molecule has 0 aliphatic rings. The second kappa shape index (κ2) is 5.17. The summed E-state index contributed by atoms with van der Waals surface area (Å²) < 4.78 is 1.55. The lowest BCUT2D eigenvalue weighted by atomic mass is 10.3. The fourth-order valence-corrected chi connectivity index (χ4v) is 1.37. The average Bonchev–Trinajstić information content (AvgIpc) is 2.75. The zero-order valence-corrected chi connectivity index (χ0v) is 9.99. The van der Waals surface area contributed by atoms with Gasteiger partial charge in [0.1, 0.15) is 5.69 Å². The van der Waals surface area contributed by atoms with E-state index in [4.69, 9.17) is 5.11 Å². The summed E-state index contributed by atoms with van der Waals surface area (Å²) in [6.45, 7) is 0. The number of hydrogen-bond donors (Lipinski definition) is 3. The van der Waals surface area contributed by atoms with Gasteiger partial charge in [0.15, 0.2) is 0 Å². The molecule has 2 rings (SSSR count). The molecule has 0 aliphatic carbocycles. The number of nitrogens with zero attached hydrogens (tertiary/aromatic N) is 3. The number of carboxylic acid groups (broad SMARTS) is 1. The lowest BCUT2D eigenvalue weighted by Gasteiger charge is -2.05. The zero-order valence-electron chi connectivity index (χ0n) is 9.99. The van der Waals surface area contributed by atoms with Gasteiger partial charge in [-0.1, -0.05) is 0 Å². The molecule has 0 saturated carbocycles. The van der Waals surface area contributed by atoms with Gasteiger partial charge < -0.3 is 15.7 Å². The fraction of sp³-hybridized carbons (Fsp3) is 0.0909. The normalized spacial score (nSPS) is 9.95. The van der Waals surface area contributed by atoms with E-state index in [0.717, 1.165) is 0 Å². The summed E-state index contributed by atoms with van der Waals surface area (Å²) in [6.07, 6.45) is 4.42. The number of pyridine rings is 1. The van der Waals surface area contributed by atoms with E-state index in [1.54, 1.807) is 17.9 Å². The van der Waals surface area contributed by atoms with Gasteiger partial charge in [0.05, 0.1) is 23.8 Å². The van der Waals surface area contributed by atoms with Gasteiger partial charge in [-0.2, -0.15) is 5.10 Å². The molecule has 0 radical (unpaired) electrons. The van der Waals surface area contributed by atoms with Crippen molar-refractivity contribution in [3.63, 3.8) is 0 Å². The Labute approximate surface area is 108 Å². The van der Waals surface area contributed by atoms with Crippen molar-refractivity contribution in [2.45, 2.75) is 0 Å². The number of nitrogens with one attached hydrogen (secondary N) is 2. The zero-order chi connectivity index (χ0) is 13.8. The minimum absolute atomic E-state index is 0.0850. The van der Waals surface area contributed by atoms with Gasteiger partial charge in [0, 0.05) is 13.2 Å². The number of aromatic nitrogens is 3. The van der Waals surface area contributed by atoms with Gasteiger partial charge in [-0.3, -0.25) is 4.68 Å². The molecular weight excluding hydrogens is 250 g/mol. The van der Waals surface area contributed by atoms with E-state index in [1.807, 2.05) is 0 Å². The van der Waals surface area contributed by atoms with Crippen LogP contribution in [-0.4, -0.2) is 31.9 Å². The van der Waals surface area contributed by atoms with E-state index < -0.39 is 12.0 Å². The summed E-state index contributed by atoms with van der Waals surface area (Å²) >= 11 is 0. The van der Waals surface area contributed by atoms with Crippen LogP contribution >= 0.6 is 0 Å². The number of aromatic carboxylic acids is 1. The molecule has 2 aromatic rings. The van der Waals surface area contributed by atoms with Gasteiger partial charge >= 0.3 is 12.0 Å². The predicted octanol–water partition coefficient (Wildman–Crippen LogP) is 1.16. The highest BCUT2D eigenvalue weighted by Gasteiger charge is 2.06. The number of amides is 2. The van der Waals surface area contributed by atoms with Crippen molar-refractivity contribution < 1.29 is 14.7 Å². The second-order valence-electron chi connectivity index (χ2n) is 3.72. The van der Waals surface area contributed by atoms with E-state index in [9.17, 15) is 9.59 Å². The first kappa shape index (κ1) is 12.6. The number of aryl methyl sites for hydroxylation is 1. The summed E-state index contributed by atoms with van der Waals surface area (Å²) in [6, 6.07) is 2.30. The highest BCUT2D eigenvalue weighted by atomic mass is 16.4. The number of carboxylic acids is 1. The van der Waals surface area contributed by atoms with E-state index in [1.165, 1.54) is 24.5 Å². The molecule has 8 nitrogen and oxygen atoms in total. The molecule has 8 heteroatoms. The Kier molecular flexibility index (Phi) is 3.42. The summed E-state index contributed by atoms with van der Waals surface area (Å²) in [7, 11) is 1.73. The molecule has 2 amide bonds. The van der Waals surface area contributed by atoms with Crippen molar-refractivity contribution >= 4 is 23.4 Å². The third kappa shape index (κ3) is 3.28. The maximum absolute atomic E-state index is 11.6. The molecule has 0 aliphatic heterocycles. The number of carbonyl (C=O) groups is 2. The van der Waals surface area contributed by atoms with Gasteiger partial charge in [-0.15, -0.1) is 0 Å². The third-order valence-electron chi connectivity index (χ3n) is 2.20. The Balaban J connectivity index is 1.97. The van der Waals surface area contributed by atoms with Gasteiger partial charge in [0.2, 0.25) is 0 Å². The van der Waals surface area contributed by atoms with Crippen molar-refractivity contribution in [3.8, 4) is 0 Å². The first-order valence-corrected chi connectivity index (χ1v) is 5.30. The Morgan fingerprint density at radius 1 is 1.21 bits per heavy atom. The lowest BCUT2D eigenvalue weighted by Crippen LogP contribution is -2.19. The van der Waals surface area contributed by atoms with Crippen molar-refractivity contribution in [1.82, 2.24) is 14.8 Å². The topological polar surface area (TPSA) is 109 Å². The van der Waals surface area contributed by atoms with Crippen molar-refractivity contribution in [3.05, 3.63) is 36.4 Å².